The highest BCUT2D eigenvalue weighted by Crippen LogP contribution is 2.18. The lowest BCUT2D eigenvalue weighted by Gasteiger charge is -2.16. The van der Waals surface area contributed by atoms with Gasteiger partial charge in [-0.25, -0.2) is 5.01 Å². The Labute approximate surface area is 87.9 Å². The minimum absolute atomic E-state index is 0.833. The van der Waals surface area contributed by atoms with Crippen LogP contribution in [-0.2, 0) is 0 Å². The molecule has 2 aromatic rings. The summed E-state index contributed by atoms with van der Waals surface area (Å²) < 4.78 is 5.30. The molecule has 1 saturated heterocycles. The topological polar surface area (TPSA) is 41.3 Å². The molecule has 0 aliphatic carbocycles. The minimum atomic E-state index is 0.833. The van der Waals surface area contributed by atoms with Crippen LogP contribution in [0.25, 0.3) is 11.1 Å². The zero-order valence-electron chi connectivity index (χ0n) is 8.44. The van der Waals surface area contributed by atoms with E-state index in [1.165, 1.54) is 12.8 Å². The van der Waals surface area contributed by atoms with Gasteiger partial charge in [-0.05, 0) is 12.8 Å². The van der Waals surface area contributed by atoms with E-state index in [0.717, 1.165) is 29.9 Å². The van der Waals surface area contributed by atoms with E-state index in [2.05, 4.69) is 15.4 Å². The van der Waals surface area contributed by atoms with Gasteiger partial charge in [0.05, 0.1) is 18.1 Å². The maximum Gasteiger partial charge on any atom is 0.154 e. The summed E-state index contributed by atoms with van der Waals surface area (Å²) in [7, 11) is 0. The number of hydrogen-bond donors (Lipinski definition) is 1. The standard InChI is InChI=1S/C11H13N3O/c1-2-5-14(4-1)13-9-7-11-10(12-8-9)3-6-15-11/h3,6-8,13H,1-2,4-5H2. The number of fused-ring (bicyclic) bond motifs is 1. The Morgan fingerprint density at radius 3 is 3.07 bits per heavy atom. The maximum atomic E-state index is 5.30. The van der Waals surface area contributed by atoms with Gasteiger partial charge in [0.2, 0.25) is 0 Å². The molecule has 78 valence electrons. The van der Waals surface area contributed by atoms with Crippen LogP contribution < -0.4 is 5.43 Å². The predicted molar refractivity (Wildman–Crippen MR) is 58.4 cm³/mol. The lowest BCUT2D eigenvalue weighted by atomic mass is 10.3. The molecular weight excluding hydrogens is 190 g/mol. The van der Waals surface area contributed by atoms with Crippen molar-refractivity contribution in [1.29, 1.82) is 0 Å². The fourth-order valence-corrected chi connectivity index (χ4v) is 1.92. The number of furan rings is 1. The molecule has 1 N–H and O–H groups in total. The van der Waals surface area contributed by atoms with E-state index in [1.54, 1.807) is 6.26 Å². The summed E-state index contributed by atoms with van der Waals surface area (Å²) in [5.41, 5.74) is 6.07. The molecule has 4 heteroatoms. The highest BCUT2D eigenvalue weighted by molar-refractivity contribution is 5.75. The van der Waals surface area contributed by atoms with Crippen LogP contribution >= 0.6 is 0 Å². The fourth-order valence-electron chi connectivity index (χ4n) is 1.92. The van der Waals surface area contributed by atoms with Crippen LogP contribution in [0.15, 0.2) is 29.0 Å². The van der Waals surface area contributed by atoms with Gasteiger partial charge < -0.3 is 9.84 Å². The van der Waals surface area contributed by atoms with Gasteiger partial charge in [0.25, 0.3) is 0 Å². The third kappa shape index (κ3) is 1.68. The molecule has 1 fully saturated rings. The summed E-state index contributed by atoms with van der Waals surface area (Å²) >= 11 is 0. The van der Waals surface area contributed by atoms with Crippen LogP contribution in [0.2, 0.25) is 0 Å². The number of nitrogens with zero attached hydrogens (tertiary/aromatic N) is 2. The fraction of sp³-hybridized carbons (Fsp3) is 0.364. The second kappa shape index (κ2) is 3.55. The smallest absolute Gasteiger partial charge is 0.154 e. The van der Waals surface area contributed by atoms with Crippen LogP contribution in [0.5, 0.6) is 0 Å². The van der Waals surface area contributed by atoms with E-state index in [4.69, 9.17) is 4.42 Å². The third-order valence-electron chi connectivity index (χ3n) is 2.70. The van der Waals surface area contributed by atoms with Crippen molar-refractivity contribution in [3.8, 4) is 0 Å². The molecule has 0 aromatic carbocycles. The minimum Gasteiger partial charge on any atom is -0.463 e. The highest BCUT2D eigenvalue weighted by Gasteiger charge is 2.11. The first-order valence-electron chi connectivity index (χ1n) is 5.27. The molecular formula is C11H13N3O. The summed E-state index contributed by atoms with van der Waals surface area (Å²) in [5.74, 6) is 0. The maximum absolute atomic E-state index is 5.30. The molecule has 15 heavy (non-hydrogen) atoms. The third-order valence-corrected chi connectivity index (χ3v) is 2.70. The van der Waals surface area contributed by atoms with Crippen LogP contribution in [0.1, 0.15) is 12.8 Å². The lowest BCUT2D eigenvalue weighted by molar-refractivity contribution is 0.410. The second-order valence-corrected chi connectivity index (χ2v) is 3.83. The molecule has 1 aliphatic heterocycles. The Balaban J connectivity index is 1.84. The molecule has 0 atom stereocenters. The Morgan fingerprint density at radius 1 is 1.33 bits per heavy atom. The SMILES string of the molecule is c1cc2ncc(NN3CCCC3)cc2o1. The van der Waals surface area contributed by atoms with Gasteiger partial charge in [0.1, 0.15) is 5.52 Å². The van der Waals surface area contributed by atoms with Crippen molar-refractivity contribution in [2.24, 2.45) is 0 Å². The Kier molecular flexibility index (Phi) is 2.07. The van der Waals surface area contributed by atoms with Crippen molar-refractivity contribution in [3.05, 3.63) is 24.6 Å². The number of nitrogens with one attached hydrogen (secondary N) is 1. The largest absolute Gasteiger partial charge is 0.463 e. The van der Waals surface area contributed by atoms with Gasteiger partial charge in [-0.1, -0.05) is 0 Å². The van der Waals surface area contributed by atoms with Crippen molar-refractivity contribution in [3.63, 3.8) is 0 Å². The molecule has 0 spiro atoms. The Morgan fingerprint density at radius 2 is 2.20 bits per heavy atom. The number of rotatable bonds is 2. The molecule has 0 bridgehead atoms. The molecule has 3 heterocycles. The first-order chi connectivity index (χ1) is 7.42. The van der Waals surface area contributed by atoms with E-state index >= 15 is 0 Å². The zero-order valence-corrected chi connectivity index (χ0v) is 8.44. The van der Waals surface area contributed by atoms with Crippen molar-refractivity contribution < 1.29 is 4.42 Å². The molecule has 2 aromatic heterocycles. The molecule has 3 rings (SSSR count). The van der Waals surface area contributed by atoms with Crippen molar-refractivity contribution >= 4 is 16.8 Å². The Bertz CT molecular complexity index is 460. The Hall–Kier alpha value is -1.55. The number of aromatic nitrogens is 1. The second-order valence-electron chi connectivity index (χ2n) is 3.83. The number of pyridine rings is 1. The molecule has 1 aliphatic rings. The summed E-state index contributed by atoms with van der Waals surface area (Å²) in [4.78, 5) is 4.30. The van der Waals surface area contributed by atoms with Crippen LogP contribution in [0, 0.1) is 0 Å². The zero-order chi connectivity index (χ0) is 10.1. The molecule has 0 radical (unpaired) electrons. The summed E-state index contributed by atoms with van der Waals surface area (Å²) in [6.45, 7) is 2.21. The van der Waals surface area contributed by atoms with Gasteiger partial charge >= 0.3 is 0 Å². The summed E-state index contributed by atoms with van der Waals surface area (Å²) in [6.07, 6.45) is 6.04. The van der Waals surface area contributed by atoms with Crippen LogP contribution in [-0.4, -0.2) is 23.1 Å². The normalized spacial score (nSPS) is 17.3. The molecule has 0 unspecified atom stereocenters. The number of hydrogen-bond acceptors (Lipinski definition) is 4. The van der Waals surface area contributed by atoms with E-state index in [9.17, 15) is 0 Å². The number of hydrazine groups is 1. The quantitative estimate of drug-likeness (QED) is 0.812. The predicted octanol–water partition coefficient (Wildman–Crippen LogP) is 2.25. The molecule has 4 nitrogen and oxygen atoms in total. The van der Waals surface area contributed by atoms with Gasteiger partial charge in [-0.2, -0.15) is 0 Å². The van der Waals surface area contributed by atoms with Crippen molar-refractivity contribution in [2.45, 2.75) is 12.8 Å². The van der Waals surface area contributed by atoms with Gasteiger partial charge in [0.15, 0.2) is 5.58 Å². The average Bonchev–Trinajstić information content (AvgIpc) is 2.87. The van der Waals surface area contributed by atoms with E-state index in [-0.39, 0.29) is 0 Å². The van der Waals surface area contributed by atoms with E-state index in [0.29, 0.717) is 0 Å². The summed E-state index contributed by atoms with van der Waals surface area (Å²) in [6, 6.07) is 3.86. The lowest BCUT2D eigenvalue weighted by Crippen LogP contribution is -2.26. The summed E-state index contributed by atoms with van der Waals surface area (Å²) in [5, 5.41) is 2.21. The van der Waals surface area contributed by atoms with Crippen molar-refractivity contribution in [1.82, 2.24) is 9.99 Å². The number of anilines is 1. The van der Waals surface area contributed by atoms with Crippen LogP contribution in [0.3, 0.4) is 0 Å². The monoisotopic (exact) mass is 203 g/mol. The van der Waals surface area contributed by atoms with Crippen molar-refractivity contribution in [2.75, 3.05) is 18.5 Å². The highest BCUT2D eigenvalue weighted by atomic mass is 16.3. The van der Waals surface area contributed by atoms with Gasteiger partial charge in [-0.15, -0.1) is 0 Å². The first kappa shape index (κ1) is 8.73. The van der Waals surface area contributed by atoms with Gasteiger partial charge in [-0.3, -0.25) is 4.98 Å². The molecule has 0 amide bonds. The van der Waals surface area contributed by atoms with E-state index in [1.807, 2.05) is 18.3 Å². The first-order valence-corrected chi connectivity index (χ1v) is 5.27. The average molecular weight is 203 g/mol. The van der Waals surface area contributed by atoms with E-state index < -0.39 is 0 Å². The molecule has 0 saturated carbocycles. The van der Waals surface area contributed by atoms with Gasteiger partial charge in [0, 0.05) is 25.2 Å². The van der Waals surface area contributed by atoms with Crippen LogP contribution in [0.4, 0.5) is 5.69 Å².